The van der Waals surface area contributed by atoms with Gasteiger partial charge in [-0.2, -0.15) is 0 Å². The Kier molecular flexibility index (Phi) is 3.74. The Morgan fingerprint density at radius 2 is 2.50 bits per heavy atom. The van der Waals surface area contributed by atoms with Gasteiger partial charge in [-0.1, -0.05) is 0 Å². The molecule has 88 valence electrons. The Balaban J connectivity index is 1.80. The van der Waals surface area contributed by atoms with Crippen LogP contribution in [0.25, 0.3) is 0 Å². The first-order valence-electron chi connectivity index (χ1n) is 5.37. The molecule has 5 nitrogen and oxygen atoms in total. The molecule has 0 saturated heterocycles. The van der Waals surface area contributed by atoms with Crippen LogP contribution in [0.4, 0.5) is 9.93 Å². The van der Waals surface area contributed by atoms with Crippen molar-refractivity contribution >= 4 is 22.5 Å². The lowest BCUT2D eigenvalue weighted by Gasteiger charge is -2.16. The molecule has 6 heteroatoms. The second-order valence-electron chi connectivity index (χ2n) is 3.89. The number of rotatable bonds is 5. The topological polar surface area (TPSA) is 74.2 Å². The molecule has 1 aromatic heterocycles. The van der Waals surface area contributed by atoms with Crippen LogP contribution < -0.4 is 10.6 Å². The highest BCUT2D eigenvalue weighted by atomic mass is 32.1. The summed E-state index contributed by atoms with van der Waals surface area (Å²) in [4.78, 5) is 15.6. The molecule has 2 rings (SSSR count). The molecule has 1 aromatic rings. The average molecular weight is 241 g/mol. The summed E-state index contributed by atoms with van der Waals surface area (Å²) < 4.78 is 0. The van der Waals surface area contributed by atoms with Crippen molar-refractivity contribution < 1.29 is 9.90 Å². The number of anilines is 1. The zero-order valence-electron chi connectivity index (χ0n) is 8.85. The number of aliphatic hydroxyl groups is 1. The van der Waals surface area contributed by atoms with E-state index in [0.717, 1.165) is 12.8 Å². The number of nitrogens with one attached hydrogen (secondary N) is 2. The lowest BCUT2D eigenvalue weighted by molar-refractivity contribution is 0.234. The minimum Gasteiger partial charge on any atom is -0.396 e. The van der Waals surface area contributed by atoms with Crippen LogP contribution in [0.2, 0.25) is 0 Å². The number of thiazole rings is 1. The highest BCUT2D eigenvalue weighted by Crippen LogP contribution is 2.33. The van der Waals surface area contributed by atoms with Crippen LogP contribution in [0, 0.1) is 5.92 Å². The van der Waals surface area contributed by atoms with E-state index in [1.165, 1.54) is 11.3 Å². The number of amides is 2. The number of aromatic nitrogens is 1. The lowest BCUT2D eigenvalue weighted by atomic mass is 10.1. The number of carbonyl (C=O) groups excluding carboxylic acids is 1. The van der Waals surface area contributed by atoms with Crippen molar-refractivity contribution in [2.24, 2.45) is 5.92 Å². The number of nitrogens with zero attached hydrogens (tertiary/aromatic N) is 1. The fraction of sp³-hybridized carbons (Fsp3) is 0.600. The van der Waals surface area contributed by atoms with Crippen molar-refractivity contribution in [3.63, 3.8) is 0 Å². The van der Waals surface area contributed by atoms with Crippen molar-refractivity contribution in [1.29, 1.82) is 0 Å². The Morgan fingerprint density at radius 3 is 3.06 bits per heavy atom. The molecular formula is C10H15N3O2S. The standard InChI is InChI=1S/C10H15N3O2S/c14-5-3-8(7-1-2-7)12-9(15)13-10-11-4-6-16-10/h4,6-8,14H,1-3,5H2,(H2,11,12,13,15). The molecule has 0 spiro atoms. The second kappa shape index (κ2) is 5.27. The van der Waals surface area contributed by atoms with Gasteiger partial charge in [0.2, 0.25) is 0 Å². The van der Waals surface area contributed by atoms with E-state index in [9.17, 15) is 4.79 Å². The zero-order chi connectivity index (χ0) is 11.4. The summed E-state index contributed by atoms with van der Waals surface area (Å²) in [6, 6.07) is -0.148. The maximum atomic E-state index is 11.6. The minimum absolute atomic E-state index is 0.0879. The molecule has 3 N–H and O–H groups in total. The Bertz CT molecular complexity index is 338. The first kappa shape index (κ1) is 11.3. The number of urea groups is 1. The van der Waals surface area contributed by atoms with Gasteiger partial charge in [0.25, 0.3) is 0 Å². The molecule has 1 fully saturated rings. The van der Waals surface area contributed by atoms with Crippen LogP contribution in [0.1, 0.15) is 19.3 Å². The van der Waals surface area contributed by atoms with E-state index in [0.29, 0.717) is 17.5 Å². The number of hydrogen-bond acceptors (Lipinski definition) is 4. The Morgan fingerprint density at radius 1 is 1.69 bits per heavy atom. The monoisotopic (exact) mass is 241 g/mol. The Labute approximate surface area is 97.9 Å². The number of hydrogen-bond donors (Lipinski definition) is 3. The van der Waals surface area contributed by atoms with Gasteiger partial charge in [-0.15, -0.1) is 11.3 Å². The van der Waals surface area contributed by atoms with Crippen LogP contribution in [0.15, 0.2) is 11.6 Å². The van der Waals surface area contributed by atoms with Crippen molar-refractivity contribution in [2.75, 3.05) is 11.9 Å². The molecular weight excluding hydrogens is 226 g/mol. The third-order valence-corrected chi connectivity index (χ3v) is 3.29. The predicted molar refractivity (Wildman–Crippen MR) is 62.5 cm³/mol. The van der Waals surface area contributed by atoms with Crippen molar-refractivity contribution in [1.82, 2.24) is 10.3 Å². The van der Waals surface area contributed by atoms with Crippen LogP contribution in [0.3, 0.4) is 0 Å². The third kappa shape index (κ3) is 3.18. The molecule has 0 bridgehead atoms. The van der Waals surface area contributed by atoms with E-state index in [1.807, 2.05) is 5.38 Å². The van der Waals surface area contributed by atoms with Gasteiger partial charge >= 0.3 is 6.03 Å². The van der Waals surface area contributed by atoms with Gasteiger partial charge in [-0.25, -0.2) is 9.78 Å². The highest BCUT2D eigenvalue weighted by Gasteiger charge is 2.31. The van der Waals surface area contributed by atoms with Crippen molar-refractivity contribution in [3.05, 3.63) is 11.6 Å². The van der Waals surface area contributed by atoms with Crippen molar-refractivity contribution in [2.45, 2.75) is 25.3 Å². The van der Waals surface area contributed by atoms with E-state index < -0.39 is 0 Å². The van der Waals surface area contributed by atoms with Gasteiger partial charge in [0.1, 0.15) is 0 Å². The summed E-state index contributed by atoms with van der Waals surface area (Å²) in [6.45, 7) is 0.110. The quantitative estimate of drug-likeness (QED) is 0.730. The summed E-state index contributed by atoms with van der Waals surface area (Å²) >= 11 is 1.38. The van der Waals surface area contributed by atoms with Gasteiger partial charge in [0, 0.05) is 24.2 Å². The molecule has 0 radical (unpaired) electrons. The summed E-state index contributed by atoms with van der Waals surface area (Å²) in [5.74, 6) is 0.536. The molecule has 2 amide bonds. The summed E-state index contributed by atoms with van der Waals surface area (Å²) in [7, 11) is 0. The first-order valence-corrected chi connectivity index (χ1v) is 6.25. The maximum absolute atomic E-state index is 11.6. The average Bonchev–Trinajstić information content (AvgIpc) is 2.98. The van der Waals surface area contributed by atoms with Crippen LogP contribution in [0.5, 0.6) is 0 Å². The number of aliphatic hydroxyl groups excluding tert-OH is 1. The fourth-order valence-corrected chi connectivity index (χ4v) is 2.17. The van der Waals surface area contributed by atoms with Gasteiger partial charge in [-0.3, -0.25) is 5.32 Å². The smallest absolute Gasteiger partial charge is 0.321 e. The summed E-state index contributed by atoms with van der Waals surface area (Å²) in [5.41, 5.74) is 0. The van der Waals surface area contributed by atoms with Crippen molar-refractivity contribution in [3.8, 4) is 0 Å². The predicted octanol–water partition coefficient (Wildman–Crippen LogP) is 1.43. The van der Waals surface area contributed by atoms with Crippen LogP contribution in [-0.2, 0) is 0 Å². The summed E-state index contributed by atoms with van der Waals surface area (Å²) in [5, 5.41) is 16.8. The molecule has 1 unspecified atom stereocenters. The minimum atomic E-state index is -0.236. The number of carbonyl (C=O) groups is 1. The highest BCUT2D eigenvalue weighted by molar-refractivity contribution is 7.13. The molecule has 1 saturated carbocycles. The molecule has 1 aliphatic rings. The van der Waals surface area contributed by atoms with Gasteiger partial charge in [0.15, 0.2) is 5.13 Å². The zero-order valence-corrected chi connectivity index (χ0v) is 9.67. The molecule has 16 heavy (non-hydrogen) atoms. The molecule has 0 aromatic carbocycles. The Hall–Kier alpha value is -1.14. The largest absolute Gasteiger partial charge is 0.396 e. The SMILES string of the molecule is O=C(Nc1nccs1)NC(CCO)C1CC1. The molecule has 1 heterocycles. The van der Waals surface area contributed by atoms with E-state index in [4.69, 9.17) is 5.11 Å². The van der Waals surface area contributed by atoms with Crippen LogP contribution >= 0.6 is 11.3 Å². The maximum Gasteiger partial charge on any atom is 0.321 e. The van der Waals surface area contributed by atoms with E-state index in [1.54, 1.807) is 6.20 Å². The van der Waals surface area contributed by atoms with Gasteiger partial charge < -0.3 is 10.4 Å². The first-order chi connectivity index (χ1) is 7.79. The molecule has 0 aliphatic heterocycles. The van der Waals surface area contributed by atoms with Gasteiger partial charge in [-0.05, 0) is 25.2 Å². The third-order valence-electron chi connectivity index (χ3n) is 2.60. The van der Waals surface area contributed by atoms with E-state index in [2.05, 4.69) is 15.6 Å². The van der Waals surface area contributed by atoms with E-state index in [-0.39, 0.29) is 18.7 Å². The fourth-order valence-electron chi connectivity index (χ4n) is 1.65. The lowest BCUT2D eigenvalue weighted by Crippen LogP contribution is -2.39. The van der Waals surface area contributed by atoms with Gasteiger partial charge in [0.05, 0.1) is 0 Å². The summed E-state index contributed by atoms with van der Waals surface area (Å²) in [6.07, 6.45) is 4.55. The molecule has 1 aliphatic carbocycles. The van der Waals surface area contributed by atoms with Crippen LogP contribution in [-0.4, -0.2) is 28.8 Å². The normalized spacial score (nSPS) is 16.8. The molecule has 1 atom stereocenters. The van der Waals surface area contributed by atoms with E-state index >= 15 is 0 Å². The second-order valence-corrected chi connectivity index (χ2v) is 4.79.